The Morgan fingerprint density at radius 1 is 1.25 bits per heavy atom. The number of aryl methyl sites for hydroxylation is 1. The van der Waals surface area contributed by atoms with Gasteiger partial charge < -0.3 is 15.8 Å². The predicted octanol–water partition coefficient (Wildman–Crippen LogP) is 3.71. The van der Waals surface area contributed by atoms with Gasteiger partial charge in [-0.05, 0) is 44.2 Å². The average Bonchev–Trinajstić information content (AvgIpc) is 3.13. The molecule has 0 radical (unpaired) electrons. The van der Waals surface area contributed by atoms with Gasteiger partial charge in [-0.25, -0.2) is 4.98 Å². The van der Waals surface area contributed by atoms with Crippen molar-refractivity contribution < 1.29 is 9.53 Å². The summed E-state index contributed by atoms with van der Waals surface area (Å²) in [6.45, 7) is 0. The standard InChI is InChI=1S/C21H24N4O2S/c22-21-25-16(13-28-21)6-9-20(26)24-15-4-7-17(8-5-15)27-19-3-1-2-14-12-23-11-10-18(14)19/h1-3,10-13,15,17H,4-9H2,(H2,22,25)(H,24,26). The first-order chi connectivity index (χ1) is 13.7. The molecule has 6 nitrogen and oxygen atoms in total. The van der Waals surface area contributed by atoms with E-state index in [0.29, 0.717) is 18.0 Å². The highest BCUT2D eigenvalue weighted by Crippen LogP contribution is 2.29. The number of benzene rings is 1. The molecule has 28 heavy (non-hydrogen) atoms. The molecule has 4 rings (SSSR count). The van der Waals surface area contributed by atoms with Crippen LogP contribution in [0.3, 0.4) is 0 Å². The lowest BCUT2D eigenvalue weighted by Crippen LogP contribution is -2.39. The van der Waals surface area contributed by atoms with E-state index in [0.717, 1.165) is 47.9 Å². The highest BCUT2D eigenvalue weighted by Gasteiger charge is 2.24. The second-order valence-corrected chi connectivity index (χ2v) is 8.08. The third kappa shape index (κ3) is 4.59. The first-order valence-corrected chi connectivity index (χ1v) is 10.5. The topological polar surface area (TPSA) is 90.1 Å². The summed E-state index contributed by atoms with van der Waals surface area (Å²) in [5.74, 6) is 0.993. The third-order valence-corrected chi connectivity index (χ3v) is 5.87. The van der Waals surface area contributed by atoms with Gasteiger partial charge in [0.15, 0.2) is 5.13 Å². The molecule has 1 aliphatic carbocycles. The number of nitrogen functional groups attached to an aromatic ring is 1. The van der Waals surface area contributed by atoms with Crippen LogP contribution in [-0.4, -0.2) is 28.0 Å². The van der Waals surface area contributed by atoms with Crippen molar-refractivity contribution in [1.82, 2.24) is 15.3 Å². The first kappa shape index (κ1) is 18.7. The van der Waals surface area contributed by atoms with E-state index in [1.54, 1.807) is 6.20 Å². The predicted molar refractivity (Wildman–Crippen MR) is 111 cm³/mol. The molecular formula is C21H24N4O2S. The van der Waals surface area contributed by atoms with E-state index in [1.807, 2.05) is 35.8 Å². The maximum absolute atomic E-state index is 12.2. The lowest BCUT2D eigenvalue weighted by atomic mass is 9.92. The van der Waals surface area contributed by atoms with E-state index >= 15 is 0 Å². The van der Waals surface area contributed by atoms with Crippen molar-refractivity contribution in [3.63, 3.8) is 0 Å². The summed E-state index contributed by atoms with van der Waals surface area (Å²) in [7, 11) is 0. The maximum Gasteiger partial charge on any atom is 0.220 e. The molecule has 1 fully saturated rings. The summed E-state index contributed by atoms with van der Waals surface area (Å²) >= 11 is 1.41. The van der Waals surface area contributed by atoms with Crippen molar-refractivity contribution in [2.75, 3.05) is 5.73 Å². The van der Waals surface area contributed by atoms with Crippen LogP contribution in [0.1, 0.15) is 37.8 Å². The van der Waals surface area contributed by atoms with Crippen LogP contribution in [0.25, 0.3) is 10.8 Å². The van der Waals surface area contributed by atoms with Gasteiger partial charge in [-0.1, -0.05) is 12.1 Å². The molecule has 3 aromatic rings. The number of thiazole rings is 1. The van der Waals surface area contributed by atoms with Gasteiger partial charge in [0.25, 0.3) is 0 Å². The highest BCUT2D eigenvalue weighted by atomic mass is 32.1. The fourth-order valence-corrected chi connectivity index (χ4v) is 4.28. The van der Waals surface area contributed by atoms with Gasteiger partial charge in [0.1, 0.15) is 5.75 Å². The van der Waals surface area contributed by atoms with Crippen LogP contribution in [0, 0.1) is 0 Å². The fraction of sp³-hybridized carbons (Fsp3) is 0.381. The average molecular weight is 397 g/mol. The van der Waals surface area contributed by atoms with Gasteiger partial charge in [0.05, 0.1) is 11.8 Å². The number of amides is 1. The largest absolute Gasteiger partial charge is 0.490 e. The van der Waals surface area contributed by atoms with Crippen LogP contribution in [0.5, 0.6) is 5.75 Å². The Morgan fingerprint density at radius 3 is 2.89 bits per heavy atom. The highest BCUT2D eigenvalue weighted by molar-refractivity contribution is 7.13. The number of nitrogens with zero attached hydrogens (tertiary/aromatic N) is 2. The number of rotatable bonds is 6. The molecule has 2 heterocycles. The molecule has 0 spiro atoms. The molecule has 2 aromatic heterocycles. The van der Waals surface area contributed by atoms with Crippen LogP contribution >= 0.6 is 11.3 Å². The number of hydrogen-bond acceptors (Lipinski definition) is 6. The van der Waals surface area contributed by atoms with Gasteiger partial charge in [0, 0.05) is 41.0 Å². The van der Waals surface area contributed by atoms with Crippen LogP contribution < -0.4 is 15.8 Å². The zero-order chi connectivity index (χ0) is 19.3. The molecule has 3 N–H and O–H groups in total. The first-order valence-electron chi connectivity index (χ1n) is 9.66. The summed E-state index contributed by atoms with van der Waals surface area (Å²) in [6.07, 6.45) is 8.67. The number of ether oxygens (including phenoxy) is 1. The van der Waals surface area contributed by atoms with E-state index in [2.05, 4.69) is 15.3 Å². The molecule has 7 heteroatoms. The molecule has 1 aliphatic rings. The van der Waals surface area contributed by atoms with Crippen molar-refractivity contribution in [2.24, 2.45) is 0 Å². The summed E-state index contributed by atoms with van der Waals surface area (Å²) in [5.41, 5.74) is 6.51. The number of aromatic nitrogens is 2. The smallest absolute Gasteiger partial charge is 0.220 e. The van der Waals surface area contributed by atoms with Crippen LogP contribution in [0.4, 0.5) is 5.13 Å². The molecule has 1 aromatic carbocycles. The van der Waals surface area contributed by atoms with Gasteiger partial charge in [-0.2, -0.15) is 0 Å². The van der Waals surface area contributed by atoms with Crippen molar-refractivity contribution >= 4 is 33.1 Å². The summed E-state index contributed by atoms with van der Waals surface area (Å²) in [5, 5.41) is 7.79. The number of carbonyl (C=O) groups excluding carboxylic acids is 1. The van der Waals surface area contributed by atoms with Crippen LogP contribution in [0.15, 0.2) is 42.0 Å². The zero-order valence-electron chi connectivity index (χ0n) is 15.6. The number of pyridine rings is 1. The second kappa shape index (κ2) is 8.56. The van der Waals surface area contributed by atoms with E-state index < -0.39 is 0 Å². The minimum atomic E-state index is 0.0810. The Morgan fingerprint density at radius 2 is 2.11 bits per heavy atom. The van der Waals surface area contributed by atoms with E-state index in [1.165, 1.54) is 11.3 Å². The van der Waals surface area contributed by atoms with Gasteiger partial charge in [0.2, 0.25) is 5.91 Å². The number of carbonyl (C=O) groups is 1. The van der Waals surface area contributed by atoms with Crippen molar-refractivity contribution in [2.45, 2.75) is 50.7 Å². The lowest BCUT2D eigenvalue weighted by molar-refractivity contribution is -0.122. The Hall–Kier alpha value is -2.67. The number of fused-ring (bicyclic) bond motifs is 1. The lowest BCUT2D eigenvalue weighted by Gasteiger charge is -2.30. The number of anilines is 1. The maximum atomic E-state index is 12.2. The third-order valence-electron chi connectivity index (χ3n) is 5.15. The Balaban J connectivity index is 1.24. The number of hydrogen-bond donors (Lipinski definition) is 2. The molecular weight excluding hydrogens is 372 g/mol. The number of nitrogens with two attached hydrogens (primary N) is 1. The van der Waals surface area contributed by atoms with E-state index in [-0.39, 0.29) is 18.1 Å². The summed E-state index contributed by atoms with van der Waals surface area (Å²) in [4.78, 5) is 20.6. The van der Waals surface area contributed by atoms with E-state index in [9.17, 15) is 4.79 Å². The van der Waals surface area contributed by atoms with Crippen molar-refractivity contribution in [3.05, 3.63) is 47.7 Å². The minimum Gasteiger partial charge on any atom is -0.490 e. The van der Waals surface area contributed by atoms with Crippen LogP contribution in [0.2, 0.25) is 0 Å². The van der Waals surface area contributed by atoms with Crippen LogP contribution in [-0.2, 0) is 11.2 Å². The molecule has 0 bridgehead atoms. The molecule has 0 unspecified atom stereocenters. The zero-order valence-corrected chi connectivity index (χ0v) is 16.5. The molecule has 0 atom stereocenters. The number of nitrogens with one attached hydrogen (secondary N) is 1. The minimum absolute atomic E-state index is 0.0810. The Bertz CT molecular complexity index is 945. The van der Waals surface area contributed by atoms with Gasteiger partial charge in [-0.15, -0.1) is 11.3 Å². The molecule has 1 amide bonds. The quantitative estimate of drug-likeness (QED) is 0.663. The normalized spacial score (nSPS) is 19.4. The van der Waals surface area contributed by atoms with Crippen molar-refractivity contribution in [3.8, 4) is 5.75 Å². The molecule has 146 valence electrons. The monoisotopic (exact) mass is 396 g/mol. The molecule has 0 aliphatic heterocycles. The Labute approximate surface area is 168 Å². The van der Waals surface area contributed by atoms with Crippen molar-refractivity contribution in [1.29, 1.82) is 0 Å². The summed E-state index contributed by atoms with van der Waals surface area (Å²) in [6, 6.07) is 8.28. The SMILES string of the molecule is Nc1nc(CCC(=O)NC2CCC(Oc3cccc4cnccc34)CC2)cs1. The van der Waals surface area contributed by atoms with Gasteiger partial charge in [-0.3, -0.25) is 9.78 Å². The fourth-order valence-electron chi connectivity index (χ4n) is 3.68. The molecule has 0 saturated heterocycles. The van der Waals surface area contributed by atoms with E-state index in [4.69, 9.17) is 10.5 Å². The summed E-state index contributed by atoms with van der Waals surface area (Å²) < 4.78 is 6.27. The Kier molecular flexibility index (Phi) is 5.71. The second-order valence-electron chi connectivity index (χ2n) is 7.19. The molecule has 1 saturated carbocycles. The van der Waals surface area contributed by atoms with Gasteiger partial charge >= 0.3 is 0 Å².